The second kappa shape index (κ2) is 8.39. The summed E-state index contributed by atoms with van der Waals surface area (Å²) < 4.78 is 14.7. The second-order valence-electron chi connectivity index (χ2n) is 6.77. The molecule has 1 fully saturated rings. The quantitative estimate of drug-likeness (QED) is 0.623. The van der Waals surface area contributed by atoms with E-state index in [1.165, 1.54) is 21.1 Å². The van der Waals surface area contributed by atoms with Gasteiger partial charge in [-0.2, -0.15) is 0 Å². The monoisotopic (exact) mass is 385 g/mol. The molecule has 1 aliphatic rings. The van der Waals surface area contributed by atoms with Gasteiger partial charge in [0.2, 0.25) is 0 Å². The van der Waals surface area contributed by atoms with Crippen LogP contribution in [0.3, 0.4) is 0 Å². The summed E-state index contributed by atoms with van der Waals surface area (Å²) in [5, 5.41) is 5.28. The molecule has 0 aliphatic carbocycles. The normalized spacial score (nSPS) is 22.5. The second-order valence-corrected chi connectivity index (χ2v) is 6.77. The fourth-order valence-electron chi connectivity index (χ4n) is 3.54. The highest BCUT2D eigenvalue weighted by Crippen LogP contribution is 2.35. The summed E-state index contributed by atoms with van der Waals surface area (Å²) in [4.78, 5) is 36.4. The smallest absolute Gasteiger partial charge is 0.346 e. The summed E-state index contributed by atoms with van der Waals surface area (Å²) >= 11 is 0. The highest BCUT2D eigenvalue weighted by Gasteiger charge is 2.44. The third kappa shape index (κ3) is 3.99. The molecule has 0 aromatic heterocycles. The molecule has 148 valence electrons. The predicted octanol–water partition coefficient (Wildman–Crippen LogP) is 2.14. The van der Waals surface area contributed by atoms with Gasteiger partial charge >= 0.3 is 17.9 Å². The standard InChI is InChI=1S/C21H23NO6/c1-12(19(23)26-2)28-20(24)16-11-17(21(25)27-3)22-18(16)15-9-8-13-6-4-5-7-14(13)10-15/h4-10,12,16-18,22H,11H2,1-3H3/t12-,16+,17+,18+/m0/s1. The van der Waals surface area contributed by atoms with E-state index in [2.05, 4.69) is 10.1 Å². The molecule has 0 saturated carbocycles. The van der Waals surface area contributed by atoms with E-state index in [0.29, 0.717) is 0 Å². The van der Waals surface area contributed by atoms with Gasteiger partial charge < -0.3 is 14.2 Å². The van der Waals surface area contributed by atoms with Crippen LogP contribution in [0.5, 0.6) is 0 Å². The van der Waals surface area contributed by atoms with E-state index in [1.807, 2.05) is 42.5 Å². The molecule has 3 rings (SSSR count). The lowest BCUT2D eigenvalue weighted by atomic mass is 9.92. The van der Waals surface area contributed by atoms with Crippen LogP contribution in [-0.4, -0.2) is 44.3 Å². The number of ether oxygens (including phenoxy) is 3. The van der Waals surface area contributed by atoms with Gasteiger partial charge in [0.25, 0.3) is 0 Å². The Labute approximate surface area is 162 Å². The van der Waals surface area contributed by atoms with E-state index >= 15 is 0 Å². The SMILES string of the molecule is COC(=O)[C@H](C)OC(=O)[C@@H]1C[C@H](C(=O)OC)N[C@@H]1c1ccc2ccccc2c1. The van der Waals surface area contributed by atoms with Crippen LogP contribution in [0.2, 0.25) is 0 Å². The molecule has 28 heavy (non-hydrogen) atoms. The molecule has 0 spiro atoms. The van der Waals surface area contributed by atoms with Gasteiger partial charge in [0.15, 0.2) is 6.10 Å². The van der Waals surface area contributed by atoms with Gasteiger partial charge in [-0.3, -0.25) is 14.9 Å². The van der Waals surface area contributed by atoms with Gasteiger partial charge in [-0.25, -0.2) is 4.79 Å². The number of rotatable bonds is 5. The van der Waals surface area contributed by atoms with E-state index in [-0.39, 0.29) is 6.42 Å². The van der Waals surface area contributed by atoms with Gasteiger partial charge in [0.05, 0.1) is 20.1 Å². The van der Waals surface area contributed by atoms with Crippen molar-refractivity contribution in [1.82, 2.24) is 5.32 Å². The summed E-state index contributed by atoms with van der Waals surface area (Å²) in [6.45, 7) is 1.45. The zero-order valence-electron chi connectivity index (χ0n) is 16.0. The van der Waals surface area contributed by atoms with Crippen LogP contribution in [0.4, 0.5) is 0 Å². The number of carbonyl (C=O) groups is 3. The fraction of sp³-hybridized carbons (Fsp3) is 0.381. The van der Waals surface area contributed by atoms with Gasteiger partial charge in [-0.15, -0.1) is 0 Å². The molecule has 4 atom stereocenters. The number of fused-ring (bicyclic) bond motifs is 1. The Bertz CT molecular complexity index is 895. The lowest BCUT2D eigenvalue weighted by molar-refractivity contribution is -0.167. The molecule has 1 N–H and O–H groups in total. The van der Waals surface area contributed by atoms with Crippen LogP contribution in [0.25, 0.3) is 10.8 Å². The number of methoxy groups -OCH3 is 2. The van der Waals surface area contributed by atoms with Crippen LogP contribution >= 0.6 is 0 Å². The summed E-state index contributed by atoms with van der Waals surface area (Å²) in [5.41, 5.74) is 0.859. The van der Waals surface area contributed by atoms with Gasteiger partial charge in [-0.1, -0.05) is 36.4 Å². The molecular formula is C21H23NO6. The molecule has 2 aromatic carbocycles. The largest absolute Gasteiger partial charge is 0.468 e. The van der Waals surface area contributed by atoms with Crippen LogP contribution < -0.4 is 5.32 Å². The third-order valence-electron chi connectivity index (χ3n) is 5.02. The highest BCUT2D eigenvalue weighted by molar-refractivity contribution is 5.85. The minimum Gasteiger partial charge on any atom is -0.468 e. The van der Waals surface area contributed by atoms with Crippen molar-refractivity contribution in [3.8, 4) is 0 Å². The molecule has 1 aliphatic heterocycles. The lowest BCUT2D eigenvalue weighted by Crippen LogP contribution is -2.33. The van der Waals surface area contributed by atoms with E-state index < -0.39 is 42.0 Å². The molecule has 1 saturated heterocycles. The molecule has 7 heteroatoms. The molecular weight excluding hydrogens is 362 g/mol. The number of hydrogen-bond acceptors (Lipinski definition) is 7. The van der Waals surface area contributed by atoms with Crippen LogP contribution in [-0.2, 0) is 28.6 Å². The van der Waals surface area contributed by atoms with Crippen molar-refractivity contribution in [2.45, 2.75) is 31.5 Å². The highest BCUT2D eigenvalue weighted by atomic mass is 16.6. The van der Waals surface area contributed by atoms with E-state index in [9.17, 15) is 14.4 Å². The Morgan fingerprint density at radius 2 is 1.71 bits per heavy atom. The molecule has 0 amide bonds. The maximum absolute atomic E-state index is 12.8. The van der Waals surface area contributed by atoms with Gasteiger partial charge in [0.1, 0.15) is 6.04 Å². The number of benzene rings is 2. The molecule has 0 unspecified atom stereocenters. The van der Waals surface area contributed by atoms with Gasteiger partial charge in [-0.05, 0) is 35.7 Å². The Kier molecular flexibility index (Phi) is 5.94. The number of nitrogens with one attached hydrogen (secondary N) is 1. The van der Waals surface area contributed by atoms with Gasteiger partial charge in [0, 0.05) is 6.04 Å². The maximum atomic E-state index is 12.8. The summed E-state index contributed by atoms with van der Waals surface area (Å²) in [6.07, 6.45) is -0.802. The van der Waals surface area contributed by atoms with Crippen molar-refractivity contribution in [3.63, 3.8) is 0 Å². The minimum atomic E-state index is -1.02. The summed E-state index contributed by atoms with van der Waals surface area (Å²) in [7, 11) is 2.54. The van der Waals surface area contributed by atoms with Crippen molar-refractivity contribution >= 4 is 28.7 Å². The number of carbonyl (C=O) groups excluding carboxylic acids is 3. The first-order valence-corrected chi connectivity index (χ1v) is 9.05. The lowest BCUT2D eigenvalue weighted by Gasteiger charge is -2.21. The maximum Gasteiger partial charge on any atom is 0.346 e. The van der Waals surface area contributed by atoms with E-state index in [4.69, 9.17) is 9.47 Å². The summed E-state index contributed by atoms with van der Waals surface area (Å²) in [6, 6.07) is 12.7. The summed E-state index contributed by atoms with van der Waals surface area (Å²) in [5.74, 6) is -2.28. The van der Waals surface area contributed by atoms with Crippen LogP contribution in [0.1, 0.15) is 24.9 Å². The number of hydrogen-bond donors (Lipinski definition) is 1. The first kappa shape index (κ1) is 19.8. The van der Waals surface area contributed by atoms with E-state index in [0.717, 1.165) is 16.3 Å². The predicted molar refractivity (Wildman–Crippen MR) is 101 cm³/mol. The van der Waals surface area contributed by atoms with E-state index in [1.54, 1.807) is 0 Å². The Morgan fingerprint density at radius 3 is 2.39 bits per heavy atom. The fourth-order valence-corrected chi connectivity index (χ4v) is 3.54. The Morgan fingerprint density at radius 1 is 1.00 bits per heavy atom. The average molecular weight is 385 g/mol. The molecule has 0 radical (unpaired) electrons. The molecule has 0 bridgehead atoms. The van der Waals surface area contributed by atoms with Crippen molar-refractivity contribution in [2.24, 2.45) is 5.92 Å². The minimum absolute atomic E-state index is 0.219. The first-order valence-electron chi connectivity index (χ1n) is 9.05. The first-order chi connectivity index (χ1) is 13.4. The van der Waals surface area contributed by atoms with Crippen molar-refractivity contribution in [3.05, 3.63) is 48.0 Å². The number of esters is 3. The van der Waals surface area contributed by atoms with Crippen molar-refractivity contribution in [2.75, 3.05) is 14.2 Å². The third-order valence-corrected chi connectivity index (χ3v) is 5.02. The molecule has 2 aromatic rings. The molecule has 7 nitrogen and oxygen atoms in total. The average Bonchev–Trinajstić information content (AvgIpc) is 3.17. The Hall–Kier alpha value is -2.93. The molecule has 1 heterocycles. The topological polar surface area (TPSA) is 90.9 Å². The van der Waals surface area contributed by atoms with Crippen LogP contribution in [0, 0.1) is 5.92 Å². The van der Waals surface area contributed by atoms with Crippen molar-refractivity contribution in [1.29, 1.82) is 0 Å². The van der Waals surface area contributed by atoms with Crippen molar-refractivity contribution < 1.29 is 28.6 Å². The zero-order chi connectivity index (χ0) is 20.3. The van der Waals surface area contributed by atoms with Crippen LogP contribution in [0.15, 0.2) is 42.5 Å². The zero-order valence-corrected chi connectivity index (χ0v) is 16.0. The Balaban J connectivity index is 1.89.